The third-order valence-corrected chi connectivity index (χ3v) is 3.70. The van der Waals surface area contributed by atoms with Crippen molar-refractivity contribution in [1.82, 2.24) is 0 Å². The lowest BCUT2D eigenvalue weighted by Crippen LogP contribution is -1.85. The van der Waals surface area contributed by atoms with E-state index < -0.39 is 0 Å². The van der Waals surface area contributed by atoms with Crippen LogP contribution in [0.1, 0.15) is 5.56 Å². The van der Waals surface area contributed by atoms with E-state index in [1.54, 1.807) is 30.3 Å². The summed E-state index contributed by atoms with van der Waals surface area (Å²) in [5.74, 6) is 0. The number of nitrogens with zero attached hydrogens (tertiary/aromatic N) is 1. The van der Waals surface area contributed by atoms with E-state index in [1.807, 2.05) is 6.07 Å². The van der Waals surface area contributed by atoms with Gasteiger partial charge in [-0.25, -0.2) is 0 Å². The predicted molar refractivity (Wildman–Crippen MR) is 76.6 cm³/mol. The van der Waals surface area contributed by atoms with Crippen LogP contribution in [0.25, 0.3) is 11.1 Å². The fourth-order valence-corrected chi connectivity index (χ4v) is 2.57. The van der Waals surface area contributed by atoms with Gasteiger partial charge in [0.15, 0.2) is 0 Å². The van der Waals surface area contributed by atoms with Crippen molar-refractivity contribution in [2.45, 2.75) is 0 Å². The van der Waals surface area contributed by atoms with Gasteiger partial charge in [0.05, 0.1) is 21.7 Å². The summed E-state index contributed by atoms with van der Waals surface area (Å²) in [6.45, 7) is 0. The quantitative estimate of drug-likeness (QED) is 0.606. The van der Waals surface area contributed by atoms with Crippen molar-refractivity contribution < 1.29 is 0 Å². The van der Waals surface area contributed by atoms with E-state index in [0.717, 1.165) is 0 Å². The van der Waals surface area contributed by atoms with Crippen molar-refractivity contribution in [2.24, 2.45) is 0 Å². The lowest BCUT2D eigenvalue weighted by Gasteiger charge is -2.09. The first-order chi connectivity index (χ1) is 8.52. The summed E-state index contributed by atoms with van der Waals surface area (Å²) in [6.07, 6.45) is 0. The summed E-state index contributed by atoms with van der Waals surface area (Å²) in [5, 5.41) is 10.6. The number of rotatable bonds is 1. The molecule has 0 atom stereocenters. The van der Waals surface area contributed by atoms with Crippen molar-refractivity contribution in [2.75, 3.05) is 0 Å². The van der Waals surface area contributed by atoms with E-state index >= 15 is 0 Å². The van der Waals surface area contributed by atoms with E-state index in [0.29, 0.717) is 36.8 Å². The van der Waals surface area contributed by atoms with E-state index in [4.69, 9.17) is 51.7 Å². The molecule has 2 aromatic rings. The van der Waals surface area contributed by atoms with E-state index in [1.165, 1.54) is 0 Å². The van der Waals surface area contributed by atoms with Crippen LogP contribution < -0.4 is 0 Å². The summed E-state index contributed by atoms with van der Waals surface area (Å²) in [4.78, 5) is 0. The van der Waals surface area contributed by atoms with Crippen LogP contribution in [0.3, 0.4) is 0 Å². The lowest BCUT2D eigenvalue weighted by molar-refractivity contribution is 1.48. The van der Waals surface area contributed by atoms with Crippen LogP contribution in [-0.4, -0.2) is 0 Å². The molecule has 5 heteroatoms. The van der Waals surface area contributed by atoms with Gasteiger partial charge in [0.2, 0.25) is 0 Å². The van der Waals surface area contributed by atoms with Crippen LogP contribution in [0.15, 0.2) is 30.3 Å². The molecule has 0 spiro atoms. The molecule has 1 nitrogen and oxygen atoms in total. The zero-order valence-corrected chi connectivity index (χ0v) is 11.9. The zero-order valence-electron chi connectivity index (χ0n) is 8.85. The second kappa shape index (κ2) is 5.38. The minimum absolute atomic E-state index is 0.343. The molecule has 0 saturated heterocycles. The molecule has 2 rings (SSSR count). The number of benzene rings is 2. The Morgan fingerprint density at radius 3 is 2.22 bits per heavy atom. The summed E-state index contributed by atoms with van der Waals surface area (Å²) >= 11 is 24.2. The fourth-order valence-electron chi connectivity index (χ4n) is 1.59. The molecular weight excluding hydrogens is 312 g/mol. The fraction of sp³-hybridized carbons (Fsp3) is 0. The molecular formula is C13H5Cl4N. The average molecular weight is 317 g/mol. The molecule has 0 unspecified atom stereocenters. The van der Waals surface area contributed by atoms with Crippen LogP contribution >= 0.6 is 46.4 Å². The molecule has 0 saturated carbocycles. The van der Waals surface area contributed by atoms with Gasteiger partial charge in [-0.15, -0.1) is 0 Å². The Bertz CT molecular complexity index is 659. The Balaban J connectivity index is 2.73. The molecule has 18 heavy (non-hydrogen) atoms. The van der Waals surface area contributed by atoms with E-state index in [2.05, 4.69) is 0 Å². The monoisotopic (exact) mass is 315 g/mol. The maximum atomic E-state index is 8.93. The Morgan fingerprint density at radius 2 is 1.56 bits per heavy atom. The average Bonchev–Trinajstić information content (AvgIpc) is 2.34. The Morgan fingerprint density at radius 1 is 0.889 bits per heavy atom. The molecule has 2 aromatic carbocycles. The van der Waals surface area contributed by atoms with Gasteiger partial charge in [-0.2, -0.15) is 5.26 Å². The minimum atomic E-state index is 0.343. The normalized spacial score (nSPS) is 10.2. The van der Waals surface area contributed by atoms with Gasteiger partial charge in [-0.1, -0.05) is 46.4 Å². The smallest absolute Gasteiger partial charge is 0.0992 e. The number of halogens is 4. The van der Waals surface area contributed by atoms with Crippen LogP contribution in [0.5, 0.6) is 0 Å². The summed E-state index contributed by atoms with van der Waals surface area (Å²) in [5.41, 5.74) is 1.67. The second-order valence-corrected chi connectivity index (χ2v) is 5.19. The van der Waals surface area contributed by atoms with Crippen molar-refractivity contribution in [3.05, 3.63) is 56.0 Å². The molecule has 0 amide bonds. The third kappa shape index (κ3) is 2.58. The molecule has 90 valence electrons. The van der Waals surface area contributed by atoms with Gasteiger partial charge in [0.25, 0.3) is 0 Å². The molecule has 0 aliphatic rings. The van der Waals surface area contributed by atoms with Crippen molar-refractivity contribution in [1.29, 1.82) is 5.26 Å². The highest BCUT2D eigenvalue weighted by Crippen LogP contribution is 2.40. The minimum Gasteiger partial charge on any atom is -0.192 e. The van der Waals surface area contributed by atoms with Gasteiger partial charge >= 0.3 is 0 Å². The second-order valence-electron chi connectivity index (χ2n) is 3.56. The Hall–Kier alpha value is -0.910. The van der Waals surface area contributed by atoms with Crippen LogP contribution in [0, 0.1) is 11.3 Å². The molecule has 0 aliphatic heterocycles. The molecule has 0 bridgehead atoms. The largest absolute Gasteiger partial charge is 0.192 e. The highest BCUT2D eigenvalue weighted by atomic mass is 35.5. The lowest BCUT2D eigenvalue weighted by atomic mass is 10.0. The van der Waals surface area contributed by atoms with Gasteiger partial charge in [-0.05, 0) is 35.9 Å². The molecule has 0 aliphatic carbocycles. The van der Waals surface area contributed by atoms with Crippen LogP contribution in [0.2, 0.25) is 20.1 Å². The Labute approximate surface area is 124 Å². The van der Waals surface area contributed by atoms with E-state index in [-0.39, 0.29) is 0 Å². The maximum Gasteiger partial charge on any atom is 0.0992 e. The molecule has 0 fully saturated rings. The summed E-state index contributed by atoms with van der Waals surface area (Å²) in [6, 6.07) is 10.2. The SMILES string of the molecule is N#Cc1cc(Cl)cc(-c2c(Cl)ccc(Cl)c2Cl)c1. The Kier molecular flexibility index (Phi) is 4.04. The number of hydrogen-bond donors (Lipinski definition) is 0. The van der Waals surface area contributed by atoms with Crippen LogP contribution in [0.4, 0.5) is 0 Å². The maximum absolute atomic E-state index is 8.93. The predicted octanol–water partition coefficient (Wildman–Crippen LogP) is 5.84. The molecule has 0 aromatic heterocycles. The van der Waals surface area contributed by atoms with E-state index in [9.17, 15) is 0 Å². The highest BCUT2D eigenvalue weighted by Gasteiger charge is 2.13. The van der Waals surface area contributed by atoms with Gasteiger partial charge in [-0.3, -0.25) is 0 Å². The standard InChI is InChI=1S/C13H5Cl4N/c14-9-4-7(6-18)3-8(5-9)12-10(15)1-2-11(16)13(12)17/h1-5H. The summed E-state index contributed by atoms with van der Waals surface area (Å²) < 4.78 is 0. The van der Waals surface area contributed by atoms with Gasteiger partial charge < -0.3 is 0 Å². The van der Waals surface area contributed by atoms with Crippen molar-refractivity contribution in [3.63, 3.8) is 0 Å². The number of hydrogen-bond acceptors (Lipinski definition) is 1. The molecule has 0 radical (unpaired) electrons. The topological polar surface area (TPSA) is 23.8 Å². The van der Waals surface area contributed by atoms with Crippen molar-refractivity contribution >= 4 is 46.4 Å². The zero-order chi connectivity index (χ0) is 13.3. The van der Waals surface area contributed by atoms with Gasteiger partial charge in [0.1, 0.15) is 0 Å². The first-order valence-corrected chi connectivity index (χ1v) is 6.38. The van der Waals surface area contributed by atoms with Gasteiger partial charge in [0, 0.05) is 15.6 Å². The van der Waals surface area contributed by atoms with Crippen LogP contribution in [-0.2, 0) is 0 Å². The summed E-state index contributed by atoms with van der Waals surface area (Å²) in [7, 11) is 0. The molecule has 0 N–H and O–H groups in total. The van der Waals surface area contributed by atoms with Crippen molar-refractivity contribution in [3.8, 4) is 17.2 Å². The molecule has 0 heterocycles. The first kappa shape index (κ1) is 13.5. The first-order valence-electron chi connectivity index (χ1n) is 4.87. The highest BCUT2D eigenvalue weighted by molar-refractivity contribution is 6.46. The number of nitriles is 1. The third-order valence-electron chi connectivity index (χ3n) is 2.36.